The van der Waals surface area contributed by atoms with Crippen LogP contribution < -0.4 is 18.1 Å². The number of nitrogens with two attached hydrogens (primary N) is 1. The molecule has 152 valence electrons. The number of carbonyl (C=O) groups excluding carboxylic acids is 2. The number of unbranched alkanes of at least 4 members (excludes halogenated alkanes) is 3. The van der Waals surface area contributed by atoms with Crippen LogP contribution in [0.3, 0.4) is 0 Å². The maximum absolute atomic E-state index is 12.9. The molecule has 26 heavy (non-hydrogen) atoms. The lowest BCUT2D eigenvalue weighted by Gasteiger charge is -2.45. The highest BCUT2D eigenvalue weighted by atomic mass is 35.5. The number of hydrogen-bond acceptors (Lipinski definition) is 7. The van der Waals surface area contributed by atoms with Gasteiger partial charge < -0.3 is 22.9 Å². The normalized spacial score (nSPS) is 27.7. The van der Waals surface area contributed by atoms with Gasteiger partial charge in [0.15, 0.2) is 5.78 Å². The van der Waals surface area contributed by atoms with Crippen molar-refractivity contribution in [3.8, 4) is 0 Å². The van der Waals surface area contributed by atoms with Gasteiger partial charge >= 0.3 is 5.97 Å². The maximum Gasteiger partial charge on any atom is 0.336 e. The summed E-state index contributed by atoms with van der Waals surface area (Å²) in [5.74, 6) is -1.29. The molecule has 0 radical (unpaired) electrons. The van der Waals surface area contributed by atoms with Crippen LogP contribution in [0, 0.1) is 4.91 Å². The number of thiol groups is 1. The van der Waals surface area contributed by atoms with Gasteiger partial charge in [-0.05, 0) is 13.3 Å². The van der Waals surface area contributed by atoms with Gasteiger partial charge in [-0.15, -0.1) is 0 Å². The van der Waals surface area contributed by atoms with E-state index in [-0.39, 0.29) is 38.3 Å². The SMILES string of the molecule is CCCCCCC(=O)C(N)(C(=O)OCC)C1(N=O)CC[N+](C)(S)CC1.[Cl-]. The van der Waals surface area contributed by atoms with E-state index in [1.165, 1.54) is 0 Å². The average molecular weight is 410 g/mol. The van der Waals surface area contributed by atoms with Crippen LogP contribution >= 0.6 is 12.8 Å². The van der Waals surface area contributed by atoms with Crippen LogP contribution in [-0.4, -0.2) is 53.5 Å². The molecule has 0 bridgehead atoms. The Morgan fingerprint density at radius 3 is 2.27 bits per heavy atom. The standard InChI is InChI=1S/C17H32N3O4S.ClH/c1-4-6-7-8-9-14(21)17(18,15(22)24-5-2)16(19-23)10-12-20(3,25)13-11-16;/h25H,4-13,18H2,1-3H3;1H/q+1;/p-1. The van der Waals surface area contributed by atoms with Gasteiger partial charge in [-0.1, -0.05) is 31.4 Å². The van der Waals surface area contributed by atoms with E-state index >= 15 is 0 Å². The van der Waals surface area contributed by atoms with Gasteiger partial charge in [0.05, 0.1) is 39.6 Å². The lowest BCUT2D eigenvalue weighted by molar-refractivity contribution is -0.778. The topological polar surface area (TPSA) is 98.8 Å². The number of nitroso groups, excluding NO2 is 1. The van der Waals surface area contributed by atoms with Crippen LogP contribution in [0.4, 0.5) is 0 Å². The molecule has 0 aliphatic carbocycles. The maximum atomic E-state index is 12.9. The van der Waals surface area contributed by atoms with Gasteiger partial charge in [0, 0.05) is 19.3 Å². The Morgan fingerprint density at radius 1 is 1.23 bits per heavy atom. The van der Waals surface area contributed by atoms with Crippen LogP contribution in [0.1, 0.15) is 58.8 Å². The van der Waals surface area contributed by atoms with E-state index in [9.17, 15) is 14.5 Å². The molecule has 0 amide bonds. The van der Waals surface area contributed by atoms with Crippen molar-refractivity contribution >= 4 is 24.6 Å². The first-order chi connectivity index (χ1) is 11.7. The monoisotopic (exact) mass is 409 g/mol. The van der Waals surface area contributed by atoms with Gasteiger partial charge in [0.1, 0.15) is 5.54 Å². The molecule has 0 spiro atoms. The molecule has 1 heterocycles. The largest absolute Gasteiger partial charge is 1.00 e. The van der Waals surface area contributed by atoms with E-state index in [4.69, 9.17) is 10.5 Å². The number of ether oxygens (including phenoxy) is 1. The number of quaternary nitrogens is 1. The Morgan fingerprint density at radius 2 is 1.81 bits per heavy atom. The highest BCUT2D eigenvalue weighted by molar-refractivity contribution is 7.74. The molecule has 1 atom stereocenters. The molecule has 9 heteroatoms. The van der Waals surface area contributed by atoms with Crippen molar-refractivity contribution in [1.82, 2.24) is 0 Å². The third-order valence-electron chi connectivity index (χ3n) is 5.22. The molecule has 0 aromatic carbocycles. The molecule has 7 nitrogen and oxygen atoms in total. The highest BCUT2D eigenvalue weighted by Crippen LogP contribution is 2.40. The molecule has 1 fully saturated rings. The second-order valence-electron chi connectivity index (χ2n) is 7.17. The number of piperidine rings is 1. The molecule has 1 unspecified atom stereocenters. The van der Waals surface area contributed by atoms with Gasteiger partial charge in [-0.3, -0.25) is 8.68 Å². The number of Topliss-reactive ketones (excluding diaryl/α,β-unsaturated/α-hetero) is 1. The zero-order valence-electron chi connectivity index (χ0n) is 16.0. The van der Waals surface area contributed by atoms with Crippen molar-refractivity contribution < 1.29 is 30.6 Å². The van der Waals surface area contributed by atoms with E-state index in [2.05, 4.69) is 24.9 Å². The molecule has 1 rings (SSSR count). The van der Waals surface area contributed by atoms with E-state index < -0.39 is 22.8 Å². The smallest absolute Gasteiger partial charge is 0.336 e. The number of halogens is 1. The fourth-order valence-electron chi connectivity index (χ4n) is 3.36. The number of rotatable bonds is 10. The van der Waals surface area contributed by atoms with E-state index in [1.807, 2.05) is 7.05 Å². The summed E-state index contributed by atoms with van der Waals surface area (Å²) in [7, 11) is 1.91. The number of hydrogen-bond donors (Lipinski definition) is 2. The van der Waals surface area contributed by atoms with Crippen molar-refractivity contribution in [2.75, 3.05) is 26.7 Å². The summed E-state index contributed by atoms with van der Waals surface area (Å²) in [4.78, 5) is 37.4. The molecule has 1 saturated heterocycles. The predicted molar refractivity (Wildman–Crippen MR) is 100.0 cm³/mol. The van der Waals surface area contributed by atoms with Crippen molar-refractivity contribution in [3.05, 3.63) is 4.91 Å². The summed E-state index contributed by atoms with van der Waals surface area (Å²) in [5, 5.41) is 3.24. The number of nitrogens with zero attached hydrogens (tertiary/aromatic N) is 2. The minimum atomic E-state index is -2.02. The van der Waals surface area contributed by atoms with Crippen LogP contribution in [0.2, 0.25) is 0 Å². The Bertz CT molecular complexity index is 494. The third kappa shape index (κ3) is 5.41. The fraction of sp³-hybridized carbons (Fsp3) is 0.882. The average Bonchev–Trinajstić information content (AvgIpc) is 2.58. The number of carbonyl (C=O) groups is 2. The molecule has 0 aromatic heterocycles. The molecule has 0 aromatic rings. The van der Waals surface area contributed by atoms with Crippen LogP contribution in [0.25, 0.3) is 0 Å². The number of likely N-dealkylation sites (tertiary alicyclic amines) is 1. The summed E-state index contributed by atoms with van der Waals surface area (Å²) < 4.78 is 5.48. The first-order valence-electron chi connectivity index (χ1n) is 9.10. The molecule has 0 saturated carbocycles. The summed E-state index contributed by atoms with van der Waals surface area (Å²) in [6.07, 6.45) is 4.18. The van der Waals surface area contributed by atoms with Crippen molar-refractivity contribution in [2.24, 2.45) is 10.9 Å². The van der Waals surface area contributed by atoms with Gasteiger partial charge in [0.25, 0.3) is 0 Å². The summed E-state index contributed by atoms with van der Waals surface area (Å²) in [5.41, 5.74) is 2.85. The Balaban J connectivity index is 0.00000625. The zero-order chi connectivity index (χ0) is 19.1. The summed E-state index contributed by atoms with van der Waals surface area (Å²) in [6.45, 7) is 4.81. The number of ketones is 1. The van der Waals surface area contributed by atoms with E-state index in [1.54, 1.807) is 6.92 Å². The minimum Gasteiger partial charge on any atom is -1.00 e. The predicted octanol–water partition coefficient (Wildman–Crippen LogP) is -0.619. The van der Waals surface area contributed by atoms with Gasteiger partial charge in [-0.2, -0.15) is 4.91 Å². The first-order valence-corrected chi connectivity index (χ1v) is 9.50. The first kappa shape index (κ1) is 25.3. The molecule has 1 aliphatic heterocycles. The van der Waals surface area contributed by atoms with Crippen molar-refractivity contribution in [2.45, 2.75) is 69.9 Å². The van der Waals surface area contributed by atoms with Crippen molar-refractivity contribution in [1.29, 1.82) is 0 Å². The Hall–Kier alpha value is -0.700. The Kier molecular flexibility index (Phi) is 10.3. The molecule has 2 N–H and O–H groups in total. The van der Waals surface area contributed by atoms with Crippen molar-refractivity contribution in [3.63, 3.8) is 0 Å². The molecular formula is C17H32ClN3O4S. The molecular weight excluding hydrogens is 378 g/mol. The summed E-state index contributed by atoms with van der Waals surface area (Å²) >= 11 is 4.51. The van der Waals surface area contributed by atoms with Crippen LogP contribution in [0.5, 0.6) is 0 Å². The highest BCUT2D eigenvalue weighted by Gasteiger charge is 2.63. The van der Waals surface area contributed by atoms with Gasteiger partial charge in [0.2, 0.25) is 5.54 Å². The van der Waals surface area contributed by atoms with E-state index in [0.717, 1.165) is 19.3 Å². The van der Waals surface area contributed by atoms with Crippen LogP contribution in [0.15, 0.2) is 5.18 Å². The van der Waals surface area contributed by atoms with Crippen LogP contribution in [-0.2, 0) is 14.3 Å². The van der Waals surface area contributed by atoms with Gasteiger partial charge in [-0.25, -0.2) is 4.79 Å². The second kappa shape index (κ2) is 10.6. The fourth-order valence-corrected chi connectivity index (χ4v) is 3.56. The quantitative estimate of drug-likeness (QED) is 0.125. The van der Waals surface area contributed by atoms with E-state index in [0.29, 0.717) is 23.4 Å². The Labute approximate surface area is 167 Å². The second-order valence-corrected chi connectivity index (χ2v) is 8.14. The lowest BCUT2D eigenvalue weighted by atomic mass is 9.68. The summed E-state index contributed by atoms with van der Waals surface area (Å²) in [6, 6.07) is 0. The third-order valence-corrected chi connectivity index (χ3v) is 5.62. The molecule has 1 aliphatic rings. The zero-order valence-corrected chi connectivity index (χ0v) is 17.7. The lowest BCUT2D eigenvalue weighted by Crippen LogP contribution is -3.00. The minimum absolute atomic E-state index is 0. The number of esters is 1.